The number of pyridine rings is 1. The van der Waals surface area contributed by atoms with E-state index < -0.39 is 0 Å². The van der Waals surface area contributed by atoms with E-state index in [1.807, 2.05) is 12.3 Å². The molecule has 2 fully saturated rings. The average Bonchev–Trinajstić information content (AvgIpc) is 2.56. The molecule has 0 atom stereocenters. The monoisotopic (exact) mass is 316 g/mol. The normalized spacial score (nSPS) is 20.6. The zero-order chi connectivity index (χ0) is 15.9. The second-order valence-electron chi connectivity index (χ2n) is 6.67. The fourth-order valence-corrected chi connectivity index (χ4v) is 3.52. The van der Waals surface area contributed by atoms with E-state index >= 15 is 0 Å². The fourth-order valence-electron chi connectivity index (χ4n) is 3.52. The van der Waals surface area contributed by atoms with Crippen molar-refractivity contribution in [3.05, 3.63) is 18.3 Å². The molecule has 0 aromatic carbocycles. The van der Waals surface area contributed by atoms with Crippen LogP contribution >= 0.6 is 0 Å². The summed E-state index contributed by atoms with van der Waals surface area (Å²) in [5, 5.41) is 6.36. The zero-order valence-corrected chi connectivity index (χ0v) is 13.9. The Morgan fingerprint density at radius 3 is 2.43 bits per heavy atom. The van der Waals surface area contributed by atoms with Crippen molar-refractivity contribution in [1.29, 1.82) is 0 Å². The fraction of sp³-hybridized carbons (Fsp3) is 0.667. The first-order valence-electron chi connectivity index (χ1n) is 9.05. The van der Waals surface area contributed by atoms with E-state index in [4.69, 9.17) is 0 Å². The minimum absolute atomic E-state index is 0.148. The van der Waals surface area contributed by atoms with E-state index in [9.17, 15) is 4.79 Å². The number of nitrogens with zero attached hydrogens (tertiary/aromatic N) is 2. The van der Waals surface area contributed by atoms with Crippen LogP contribution in [0.5, 0.6) is 0 Å². The number of nitrogens with one attached hydrogen (secondary N) is 2. The van der Waals surface area contributed by atoms with Crippen LogP contribution in [0.15, 0.2) is 18.3 Å². The highest BCUT2D eigenvalue weighted by molar-refractivity contribution is 5.91. The molecule has 0 bridgehead atoms. The molecule has 1 aliphatic heterocycles. The third-order valence-electron chi connectivity index (χ3n) is 4.96. The Hall–Kier alpha value is -1.62. The van der Waals surface area contributed by atoms with Crippen LogP contribution in [0.25, 0.3) is 0 Å². The van der Waals surface area contributed by atoms with Crippen molar-refractivity contribution in [3.8, 4) is 0 Å². The van der Waals surface area contributed by atoms with Crippen LogP contribution in [0.4, 0.5) is 11.5 Å². The van der Waals surface area contributed by atoms with Gasteiger partial charge in [-0.3, -0.25) is 4.79 Å². The summed E-state index contributed by atoms with van der Waals surface area (Å²) in [6.45, 7) is 4.05. The number of carbonyl (C=O) groups is 1. The first-order chi connectivity index (χ1) is 11.3. The Morgan fingerprint density at radius 1 is 1.09 bits per heavy atom. The maximum atomic E-state index is 12.4. The van der Waals surface area contributed by atoms with Gasteiger partial charge in [-0.25, -0.2) is 4.98 Å². The molecule has 1 amide bonds. The number of amides is 1. The van der Waals surface area contributed by atoms with Gasteiger partial charge in [0, 0.05) is 32.1 Å². The van der Waals surface area contributed by atoms with Gasteiger partial charge < -0.3 is 15.5 Å². The van der Waals surface area contributed by atoms with Crippen molar-refractivity contribution < 1.29 is 4.79 Å². The lowest BCUT2D eigenvalue weighted by molar-refractivity contribution is -0.120. The van der Waals surface area contributed by atoms with E-state index in [1.165, 1.54) is 32.1 Å². The number of hydrogen-bond acceptors (Lipinski definition) is 4. The molecule has 3 rings (SSSR count). The largest absolute Gasteiger partial charge is 0.368 e. The Labute approximate surface area is 138 Å². The van der Waals surface area contributed by atoms with Gasteiger partial charge in [-0.1, -0.05) is 32.1 Å². The van der Waals surface area contributed by atoms with Crippen molar-refractivity contribution in [2.45, 2.75) is 44.9 Å². The molecule has 1 aromatic heterocycles. The maximum Gasteiger partial charge on any atom is 0.228 e. The predicted molar refractivity (Wildman–Crippen MR) is 93.8 cm³/mol. The summed E-state index contributed by atoms with van der Waals surface area (Å²) in [4.78, 5) is 19.2. The number of rotatable bonds is 3. The number of piperazine rings is 1. The predicted octanol–water partition coefficient (Wildman–Crippen LogP) is 2.79. The van der Waals surface area contributed by atoms with Crippen LogP contribution in [0.2, 0.25) is 0 Å². The van der Waals surface area contributed by atoms with Crippen LogP contribution < -0.4 is 15.5 Å². The standard InChI is InChI=1S/C18H28N4O/c23-18(15-6-4-2-1-3-5-7-15)21-17-9-8-16(14-20-17)22-12-10-19-11-13-22/h8-9,14-15,19H,1-7,10-13H2,(H,20,21,23). The summed E-state index contributed by atoms with van der Waals surface area (Å²) in [7, 11) is 0. The molecule has 1 aromatic rings. The maximum absolute atomic E-state index is 12.4. The van der Waals surface area contributed by atoms with Gasteiger partial charge in [-0.2, -0.15) is 0 Å². The zero-order valence-electron chi connectivity index (χ0n) is 13.9. The molecule has 2 heterocycles. The van der Waals surface area contributed by atoms with Crippen LogP contribution in [-0.4, -0.2) is 37.1 Å². The molecule has 2 aliphatic rings. The second-order valence-corrected chi connectivity index (χ2v) is 6.67. The molecule has 1 saturated carbocycles. The van der Waals surface area contributed by atoms with Gasteiger partial charge >= 0.3 is 0 Å². The SMILES string of the molecule is O=C(Nc1ccc(N2CCNCC2)cn1)C1CCCCCCC1. The number of carbonyl (C=O) groups excluding carboxylic acids is 1. The van der Waals surface area contributed by atoms with E-state index in [0.717, 1.165) is 44.7 Å². The lowest BCUT2D eigenvalue weighted by Gasteiger charge is -2.29. The number of anilines is 2. The van der Waals surface area contributed by atoms with E-state index in [2.05, 4.69) is 26.6 Å². The Bertz CT molecular complexity index is 488. The smallest absolute Gasteiger partial charge is 0.228 e. The molecular weight excluding hydrogens is 288 g/mol. The quantitative estimate of drug-likeness (QED) is 0.900. The molecule has 0 radical (unpaired) electrons. The van der Waals surface area contributed by atoms with Gasteiger partial charge in [0.2, 0.25) is 5.91 Å². The minimum atomic E-state index is 0.148. The van der Waals surface area contributed by atoms with Gasteiger partial charge in [0.15, 0.2) is 0 Å². The molecule has 0 spiro atoms. The lowest BCUT2D eigenvalue weighted by atomic mass is 9.90. The minimum Gasteiger partial charge on any atom is -0.368 e. The topological polar surface area (TPSA) is 57.3 Å². The first-order valence-corrected chi connectivity index (χ1v) is 9.05. The molecular formula is C18H28N4O. The van der Waals surface area contributed by atoms with Crippen molar-refractivity contribution in [1.82, 2.24) is 10.3 Å². The summed E-state index contributed by atoms with van der Waals surface area (Å²) >= 11 is 0. The number of aromatic nitrogens is 1. The molecule has 1 saturated heterocycles. The molecule has 1 aliphatic carbocycles. The molecule has 5 heteroatoms. The Balaban J connectivity index is 1.55. The van der Waals surface area contributed by atoms with Crippen molar-refractivity contribution in [3.63, 3.8) is 0 Å². The summed E-state index contributed by atoms with van der Waals surface area (Å²) in [6.07, 6.45) is 10.1. The Morgan fingerprint density at radius 2 is 1.78 bits per heavy atom. The third-order valence-corrected chi connectivity index (χ3v) is 4.96. The van der Waals surface area contributed by atoms with Crippen molar-refractivity contribution in [2.75, 3.05) is 36.4 Å². The van der Waals surface area contributed by atoms with Crippen LogP contribution in [0.3, 0.4) is 0 Å². The molecule has 23 heavy (non-hydrogen) atoms. The van der Waals surface area contributed by atoms with Gasteiger partial charge in [0.05, 0.1) is 11.9 Å². The van der Waals surface area contributed by atoms with E-state index in [0.29, 0.717) is 5.82 Å². The molecule has 126 valence electrons. The van der Waals surface area contributed by atoms with E-state index in [-0.39, 0.29) is 11.8 Å². The van der Waals surface area contributed by atoms with Gasteiger partial charge in [0.25, 0.3) is 0 Å². The first kappa shape index (κ1) is 16.2. The van der Waals surface area contributed by atoms with Crippen LogP contribution in [0.1, 0.15) is 44.9 Å². The average molecular weight is 316 g/mol. The highest BCUT2D eigenvalue weighted by Crippen LogP contribution is 2.24. The molecule has 0 unspecified atom stereocenters. The van der Waals surface area contributed by atoms with Gasteiger partial charge in [-0.15, -0.1) is 0 Å². The molecule has 5 nitrogen and oxygen atoms in total. The van der Waals surface area contributed by atoms with Crippen molar-refractivity contribution in [2.24, 2.45) is 5.92 Å². The Kier molecular flexibility index (Phi) is 5.86. The summed E-state index contributed by atoms with van der Waals surface area (Å²) in [5.41, 5.74) is 1.13. The number of hydrogen-bond donors (Lipinski definition) is 2. The lowest BCUT2D eigenvalue weighted by Crippen LogP contribution is -2.43. The summed E-state index contributed by atoms with van der Waals surface area (Å²) in [5.74, 6) is 0.982. The van der Waals surface area contributed by atoms with Gasteiger partial charge in [-0.05, 0) is 25.0 Å². The highest BCUT2D eigenvalue weighted by atomic mass is 16.1. The van der Waals surface area contributed by atoms with E-state index in [1.54, 1.807) is 0 Å². The summed E-state index contributed by atoms with van der Waals surface area (Å²) < 4.78 is 0. The highest BCUT2D eigenvalue weighted by Gasteiger charge is 2.20. The van der Waals surface area contributed by atoms with Crippen LogP contribution in [-0.2, 0) is 4.79 Å². The van der Waals surface area contributed by atoms with Crippen molar-refractivity contribution >= 4 is 17.4 Å². The van der Waals surface area contributed by atoms with Gasteiger partial charge in [0.1, 0.15) is 5.82 Å². The van der Waals surface area contributed by atoms with Crippen LogP contribution in [0, 0.1) is 5.92 Å². The molecule has 2 N–H and O–H groups in total. The second kappa shape index (κ2) is 8.29. The third kappa shape index (κ3) is 4.67. The summed E-state index contributed by atoms with van der Waals surface area (Å²) in [6, 6.07) is 3.99.